The number of rotatable bonds is 6. The van der Waals surface area contributed by atoms with Gasteiger partial charge in [-0.25, -0.2) is 4.99 Å². The Balaban J connectivity index is 0.00000280. The van der Waals surface area contributed by atoms with Gasteiger partial charge in [0.05, 0.1) is 12.6 Å². The molecule has 0 fully saturated rings. The fourth-order valence-corrected chi connectivity index (χ4v) is 3.16. The molecule has 1 unspecified atom stereocenters. The minimum absolute atomic E-state index is 0. The van der Waals surface area contributed by atoms with Gasteiger partial charge in [-0.05, 0) is 30.5 Å². The zero-order valence-electron chi connectivity index (χ0n) is 16.1. The molecule has 1 aromatic carbocycles. The van der Waals surface area contributed by atoms with Gasteiger partial charge in [0.2, 0.25) is 5.91 Å². The first kappa shape index (κ1) is 22.2. The number of aliphatic imine (C=N–C) groups is 1. The molecule has 0 saturated carbocycles. The SMILES string of the molecule is CC(NC(=NCC(=O)N(C)C)NCc1cccs1)c1cc2ccccc2o1.I. The molecule has 3 rings (SSSR count). The molecule has 0 saturated heterocycles. The van der Waals surface area contributed by atoms with E-state index >= 15 is 0 Å². The van der Waals surface area contributed by atoms with E-state index in [0.717, 1.165) is 16.7 Å². The second-order valence-electron chi connectivity index (χ2n) is 6.44. The molecule has 0 aliphatic carbocycles. The molecule has 0 aliphatic heterocycles. The Labute approximate surface area is 186 Å². The summed E-state index contributed by atoms with van der Waals surface area (Å²) in [6, 6.07) is 13.9. The standard InChI is InChI=1S/C20H24N4O2S.HI/c1-14(18-11-15-7-4-5-9-17(15)26-18)23-20(22-13-19(25)24(2)3)21-12-16-8-6-10-27-16;/h4-11,14H,12-13H2,1-3H3,(H2,21,22,23);1H. The Kier molecular flexibility index (Phi) is 8.31. The summed E-state index contributed by atoms with van der Waals surface area (Å²) in [6.45, 7) is 2.74. The van der Waals surface area contributed by atoms with Crippen LogP contribution in [0.4, 0.5) is 0 Å². The lowest BCUT2D eigenvalue weighted by molar-refractivity contribution is -0.127. The van der Waals surface area contributed by atoms with E-state index in [2.05, 4.69) is 21.7 Å². The number of fused-ring (bicyclic) bond motifs is 1. The van der Waals surface area contributed by atoms with E-state index in [-0.39, 0.29) is 42.5 Å². The predicted molar refractivity (Wildman–Crippen MR) is 125 cm³/mol. The van der Waals surface area contributed by atoms with Gasteiger partial charge in [-0.1, -0.05) is 24.3 Å². The van der Waals surface area contributed by atoms with Crippen molar-refractivity contribution in [3.8, 4) is 0 Å². The molecule has 0 spiro atoms. The molecule has 28 heavy (non-hydrogen) atoms. The van der Waals surface area contributed by atoms with Gasteiger partial charge in [0.25, 0.3) is 0 Å². The number of para-hydroxylation sites is 1. The van der Waals surface area contributed by atoms with Gasteiger partial charge in [0.1, 0.15) is 17.9 Å². The van der Waals surface area contributed by atoms with Gasteiger partial charge in [0.15, 0.2) is 5.96 Å². The van der Waals surface area contributed by atoms with Gasteiger partial charge in [0, 0.05) is 24.4 Å². The maximum Gasteiger partial charge on any atom is 0.243 e. The van der Waals surface area contributed by atoms with E-state index in [1.54, 1.807) is 25.4 Å². The van der Waals surface area contributed by atoms with E-state index < -0.39 is 0 Å². The van der Waals surface area contributed by atoms with Crippen molar-refractivity contribution in [2.75, 3.05) is 20.6 Å². The van der Waals surface area contributed by atoms with Gasteiger partial charge >= 0.3 is 0 Å². The number of halogens is 1. The molecule has 0 radical (unpaired) electrons. The van der Waals surface area contributed by atoms with Crippen LogP contribution in [0.25, 0.3) is 11.0 Å². The van der Waals surface area contributed by atoms with Crippen LogP contribution in [-0.4, -0.2) is 37.4 Å². The van der Waals surface area contributed by atoms with Crippen molar-refractivity contribution in [2.45, 2.75) is 19.5 Å². The lowest BCUT2D eigenvalue weighted by atomic mass is 10.2. The summed E-state index contributed by atoms with van der Waals surface area (Å²) < 4.78 is 5.93. The smallest absolute Gasteiger partial charge is 0.243 e. The van der Waals surface area contributed by atoms with Crippen LogP contribution in [0.2, 0.25) is 0 Å². The molecule has 2 aromatic heterocycles. The summed E-state index contributed by atoms with van der Waals surface area (Å²) in [5, 5.41) is 9.72. The molecule has 2 N–H and O–H groups in total. The first-order chi connectivity index (χ1) is 13.0. The molecule has 8 heteroatoms. The van der Waals surface area contributed by atoms with E-state index in [0.29, 0.717) is 12.5 Å². The molecule has 2 heterocycles. The van der Waals surface area contributed by atoms with Crippen molar-refractivity contribution < 1.29 is 9.21 Å². The van der Waals surface area contributed by atoms with E-state index in [1.165, 1.54) is 9.78 Å². The number of carbonyl (C=O) groups is 1. The number of furan rings is 1. The third kappa shape index (κ3) is 5.96. The summed E-state index contributed by atoms with van der Waals surface area (Å²) in [5.74, 6) is 1.34. The average molecular weight is 512 g/mol. The van der Waals surface area contributed by atoms with Crippen LogP contribution in [0, 0.1) is 0 Å². The van der Waals surface area contributed by atoms with Crippen molar-refractivity contribution in [3.63, 3.8) is 0 Å². The number of nitrogens with one attached hydrogen (secondary N) is 2. The Morgan fingerprint density at radius 2 is 2.04 bits per heavy atom. The number of thiophene rings is 1. The number of hydrogen-bond acceptors (Lipinski definition) is 4. The Morgan fingerprint density at radius 1 is 1.25 bits per heavy atom. The van der Waals surface area contributed by atoms with Crippen LogP contribution < -0.4 is 10.6 Å². The molecular formula is C20H25IN4O2S. The van der Waals surface area contributed by atoms with Crippen molar-refractivity contribution in [3.05, 3.63) is 58.5 Å². The third-order valence-electron chi connectivity index (χ3n) is 4.11. The minimum atomic E-state index is -0.0959. The highest BCUT2D eigenvalue weighted by Gasteiger charge is 2.14. The van der Waals surface area contributed by atoms with E-state index in [4.69, 9.17) is 4.42 Å². The molecule has 1 atom stereocenters. The van der Waals surface area contributed by atoms with Gasteiger partial charge < -0.3 is 20.0 Å². The zero-order valence-corrected chi connectivity index (χ0v) is 19.3. The Bertz CT molecular complexity index is 888. The van der Waals surface area contributed by atoms with E-state index in [9.17, 15) is 4.79 Å². The van der Waals surface area contributed by atoms with Gasteiger partial charge in [-0.3, -0.25) is 4.79 Å². The monoisotopic (exact) mass is 512 g/mol. The minimum Gasteiger partial charge on any atom is -0.459 e. The molecular weight excluding hydrogens is 487 g/mol. The fraction of sp³-hybridized carbons (Fsp3) is 0.300. The number of nitrogens with zero attached hydrogens (tertiary/aromatic N) is 2. The maximum absolute atomic E-state index is 11.9. The maximum atomic E-state index is 11.9. The van der Waals surface area contributed by atoms with Crippen LogP contribution in [0.5, 0.6) is 0 Å². The second-order valence-corrected chi connectivity index (χ2v) is 7.47. The van der Waals surface area contributed by atoms with Crippen molar-refractivity contribution in [1.29, 1.82) is 0 Å². The highest BCUT2D eigenvalue weighted by atomic mass is 127. The summed E-state index contributed by atoms with van der Waals surface area (Å²) in [5.41, 5.74) is 0.856. The largest absolute Gasteiger partial charge is 0.459 e. The Hall–Kier alpha value is -2.07. The van der Waals surface area contributed by atoms with Crippen molar-refractivity contribution >= 4 is 58.1 Å². The van der Waals surface area contributed by atoms with Gasteiger partial charge in [-0.15, -0.1) is 35.3 Å². The number of guanidine groups is 1. The van der Waals surface area contributed by atoms with Crippen LogP contribution in [0.1, 0.15) is 23.6 Å². The van der Waals surface area contributed by atoms with Crippen molar-refractivity contribution in [1.82, 2.24) is 15.5 Å². The molecule has 6 nitrogen and oxygen atoms in total. The average Bonchev–Trinajstić information content (AvgIpc) is 3.32. The van der Waals surface area contributed by atoms with Crippen LogP contribution >= 0.6 is 35.3 Å². The molecule has 1 amide bonds. The number of amides is 1. The zero-order chi connectivity index (χ0) is 19.2. The molecule has 150 valence electrons. The summed E-state index contributed by atoms with van der Waals surface area (Å²) in [4.78, 5) is 19.1. The highest BCUT2D eigenvalue weighted by molar-refractivity contribution is 14.0. The lowest BCUT2D eigenvalue weighted by Crippen LogP contribution is -2.39. The number of benzene rings is 1. The normalized spacial score (nSPS) is 12.3. The molecule has 3 aromatic rings. The third-order valence-corrected chi connectivity index (χ3v) is 4.98. The number of hydrogen-bond donors (Lipinski definition) is 2. The number of carbonyl (C=O) groups excluding carboxylic acids is 1. The van der Waals surface area contributed by atoms with Crippen molar-refractivity contribution in [2.24, 2.45) is 4.99 Å². The second kappa shape index (κ2) is 10.5. The van der Waals surface area contributed by atoms with Gasteiger partial charge in [-0.2, -0.15) is 0 Å². The fourth-order valence-electron chi connectivity index (χ4n) is 2.52. The van der Waals surface area contributed by atoms with Crippen LogP contribution in [0.3, 0.4) is 0 Å². The first-order valence-corrected chi connectivity index (χ1v) is 9.67. The summed E-state index contributed by atoms with van der Waals surface area (Å²) in [6.07, 6.45) is 0. The summed E-state index contributed by atoms with van der Waals surface area (Å²) in [7, 11) is 3.45. The lowest BCUT2D eigenvalue weighted by Gasteiger charge is -2.17. The number of likely N-dealkylation sites (N-methyl/N-ethyl adjacent to an activating group) is 1. The highest BCUT2D eigenvalue weighted by Crippen LogP contribution is 2.23. The van der Waals surface area contributed by atoms with E-state index in [1.807, 2.05) is 48.7 Å². The molecule has 0 bridgehead atoms. The topological polar surface area (TPSA) is 69.9 Å². The van der Waals surface area contributed by atoms with Crippen LogP contribution in [-0.2, 0) is 11.3 Å². The Morgan fingerprint density at radius 3 is 2.71 bits per heavy atom. The van der Waals surface area contributed by atoms with Crippen LogP contribution in [0.15, 0.2) is 57.3 Å². The molecule has 0 aliphatic rings. The summed E-state index contributed by atoms with van der Waals surface area (Å²) >= 11 is 1.67. The quantitative estimate of drug-likeness (QED) is 0.298. The predicted octanol–water partition coefficient (Wildman–Crippen LogP) is 4.00. The first-order valence-electron chi connectivity index (χ1n) is 8.79.